The number of H-pyrrole nitrogens is 1. The number of methoxy groups -OCH3 is 1. The second kappa shape index (κ2) is 15.3. The maximum atomic E-state index is 13.3. The molecule has 1 heterocycles. The number of Topliss-reactive ketones (excluding diaryl/α,β-unsaturated/α-hetero) is 1. The van der Waals surface area contributed by atoms with Crippen LogP contribution >= 0.6 is 0 Å². The number of aliphatic carboxylic acids is 3. The van der Waals surface area contributed by atoms with Crippen LogP contribution in [0.1, 0.15) is 35.2 Å². The highest BCUT2D eigenvalue weighted by molar-refractivity contribution is 6.02. The van der Waals surface area contributed by atoms with Crippen LogP contribution in [0.3, 0.4) is 0 Å². The number of hydrogen-bond donors (Lipinski definition) is 5. The summed E-state index contributed by atoms with van der Waals surface area (Å²) in [5, 5.41) is 28.6. The van der Waals surface area contributed by atoms with Crippen molar-refractivity contribution >= 4 is 46.2 Å². The molecule has 1 aromatic heterocycles. The summed E-state index contributed by atoms with van der Waals surface area (Å²) in [5.74, 6) is -5.54. The van der Waals surface area contributed by atoms with Crippen LogP contribution in [-0.2, 0) is 25.7 Å². The number of nitrogens with zero attached hydrogens (tertiary/aromatic N) is 3. The van der Waals surface area contributed by atoms with Gasteiger partial charge in [-0.3, -0.25) is 29.0 Å². The summed E-state index contributed by atoms with van der Waals surface area (Å²) in [4.78, 5) is 82.6. The molecule has 0 aliphatic heterocycles. The molecular weight excluding hydrogens is 602 g/mol. The van der Waals surface area contributed by atoms with Crippen molar-refractivity contribution in [3.63, 3.8) is 0 Å². The van der Waals surface area contributed by atoms with E-state index in [9.17, 15) is 39.0 Å². The third kappa shape index (κ3) is 8.45. The molecule has 46 heavy (non-hydrogen) atoms. The zero-order valence-corrected chi connectivity index (χ0v) is 25.0. The van der Waals surface area contributed by atoms with Crippen molar-refractivity contribution in [2.24, 2.45) is 11.7 Å². The van der Waals surface area contributed by atoms with Crippen LogP contribution in [-0.4, -0.2) is 92.6 Å². The SMILES string of the molecule is C#CCN(Cc1ccc2nc(OC)[nH]c(=O)c2c1)c1ccc(C(=O)N(C)[C@@H](CC(C(=O)O)C(=O)[C@@H](N)CCC(=O)O)C(=O)O)cc1. The van der Waals surface area contributed by atoms with Crippen LogP contribution in [0, 0.1) is 18.3 Å². The lowest BCUT2D eigenvalue weighted by atomic mass is 9.89. The first-order valence-electron chi connectivity index (χ1n) is 13.9. The first-order valence-corrected chi connectivity index (χ1v) is 13.9. The Kier molecular flexibility index (Phi) is 11.6. The fourth-order valence-corrected chi connectivity index (χ4v) is 4.75. The van der Waals surface area contributed by atoms with Crippen molar-refractivity contribution in [2.75, 3.05) is 25.6 Å². The normalized spacial score (nSPS) is 12.7. The summed E-state index contributed by atoms with van der Waals surface area (Å²) in [6, 6.07) is 8.15. The Morgan fingerprint density at radius 2 is 1.74 bits per heavy atom. The number of terminal acetylenes is 1. The van der Waals surface area contributed by atoms with Crippen molar-refractivity contribution in [2.45, 2.75) is 37.9 Å². The Balaban J connectivity index is 1.79. The van der Waals surface area contributed by atoms with Gasteiger partial charge in [0.15, 0.2) is 5.78 Å². The largest absolute Gasteiger partial charge is 0.481 e. The number of carboxylic acids is 3. The molecule has 0 saturated heterocycles. The van der Waals surface area contributed by atoms with E-state index in [1.165, 1.54) is 26.3 Å². The number of benzene rings is 2. The second-order valence-electron chi connectivity index (χ2n) is 10.4. The number of anilines is 1. The average Bonchev–Trinajstić information content (AvgIpc) is 3.02. The van der Waals surface area contributed by atoms with E-state index < -0.39 is 60.4 Å². The number of nitrogens with two attached hydrogens (primary N) is 1. The number of rotatable bonds is 16. The Labute approximate surface area is 262 Å². The first kappa shape index (κ1) is 34.7. The Bertz CT molecular complexity index is 1730. The molecule has 3 aromatic rings. The number of aromatic nitrogens is 2. The van der Waals surface area contributed by atoms with Gasteiger partial charge in [0.25, 0.3) is 17.5 Å². The highest BCUT2D eigenvalue weighted by Gasteiger charge is 2.38. The quantitative estimate of drug-likeness (QED) is 0.109. The molecule has 0 spiro atoms. The monoisotopic (exact) mass is 635 g/mol. The van der Waals surface area contributed by atoms with Crippen molar-refractivity contribution in [3.05, 3.63) is 63.9 Å². The van der Waals surface area contributed by atoms with Gasteiger partial charge >= 0.3 is 17.9 Å². The average molecular weight is 636 g/mol. The molecule has 1 unspecified atom stereocenters. The lowest BCUT2D eigenvalue weighted by Crippen LogP contribution is -2.47. The number of carboxylic acid groups (broad SMARTS) is 3. The van der Waals surface area contributed by atoms with Crippen molar-refractivity contribution in [1.82, 2.24) is 14.9 Å². The third-order valence-electron chi connectivity index (χ3n) is 7.28. The molecule has 6 N–H and O–H groups in total. The minimum Gasteiger partial charge on any atom is -0.481 e. The van der Waals surface area contributed by atoms with Gasteiger partial charge in [-0.25, -0.2) is 4.79 Å². The summed E-state index contributed by atoms with van der Waals surface area (Å²) < 4.78 is 5.00. The van der Waals surface area contributed by atoms with Crippen molar-refractivity contribution in [3.8, 4) is 18.4 Å². The summed E-state index contributed by atoms with van der Waals surface area (Å²) >= 11 is 0. The molecule has 0 bridgehead atoms. The maximum absolute atomic E-state index is 13.3. The number of amides is 1. The number of likely N-dealkylation sites (N-methyl/N-ethyl adjacent to an activating group) is 1. The van der Waals surface area contributed by atoms with Gasteiger partial charge in [0, 0.05) is 31.3 Å². The molecule has 0 aliphatic carbocycles. The summed E-state index contributed by atoms with van der Waals surface area (Å²) in [6.07, 6.45) is 3.99. The van der Waals surface area contributed by atoms with Gasteiger partial charge in [-0.2, -0.15) is 4.98 Å². The van der Waals surface area contributed by atoms with Gasteiger partial charge in [-0.05, 0) is 54.8 Å². The number of fused-ring (bicyclic) bond motifs is 1. The number of aromatic amines is 1. The van der Waals surface area contributed by atoms with Crippen LogP contribution in [0.15, 0.2) is 47.3 Å². The molecule has 3 rings (SSSR count). The van der Waals surface area contributed by atoms with E-state index in [4.69, 9.17) is 22.0 Å². The van der Waals surface area contributed by atoms with Crippen molar-refractivity contribution in [1.29, 1.82) is 0 Å². The second-order valence-corrected chi connectivity index (χ2v) is 10.4. The Morgan fingerprint density at radius 3 is 2.30 bits per heavy atom. The predicted molar refractivity (Wildman–Crippen MR) is 164 cm³/mol. The van der Waals surface area contributed by atoms with Crippen LogP contribution in [0.25, 0.3) is 10.9 Å². The van der Waals surface area contributed by atoms with Gasteiger partial charge in [-0.15, -0.1) is 6.42 Å². The topological polar surface area (TPSA) is 234 Å². The van der Waals surface area contributed by atoms with E-state index in [-0.39, 0.29) is 30.1 Å². The maximum Gasteiger partial charge on any atom is 0.326 e. The van der Waals surface area contributed by atoms with Crippen LogP contribution in [0.4, 0.5) is 5.69 Å². The van der Waals surface area contributed by atoms with Gasteiger partial charge in [0.1, 0.15) is 12.0 Å². The molecule has 3 atom stereocenters. The minimum absolute atomic E-state index is 0.0757. The van der Waals surface area contributed by atoms with E-state index in [1.807, 2.05) is 0 Å². The minimum atomic E-state index is -1.89. The number of ketones is 1. The standard InChI is InChI=1S/C31H33N5O10/c1-4-13-36(16-17-5-11-23-20(14-17)27(40)34-31(33-23)46-3)19-8-6-18(7-9-19)28(41)35(2)24(30(44)45)15-21(29(42)43)26(39)22(32)10-12-25(37)38/h1,5-9,11,14,21-22,24H,10,12-13,15-16,32H2,2-3H3,(H,37,38)(H,42,43)(H,44,45)(H,33,34,40)/t21?,22-,24-/m0/s1. The smallest absolute Gasteiger partial charge is 0.326 e. The molecule has 1 amide bonds. The lowest BCUT2D eigenvalue weighted by Gasteiger charge is -2.28. The summed E-state index contributed by atoms with van der Waals surface area (Å²) in [5.41, 5.74) is 7.19. The molecule has 242 valence electrons. The van der Waals surface area contributed by atoms with E-state index in [2.05, 4.69) is 15.9 Å². The van der Waals surface area contributed by atoms with Gasteiger partial charge in [-0.1, -0.05) is 12.0 Å². The van der Waals surface area contributed by atoms with E-state index in [0.717, 1.165) is 10.5 Å². The highest BCUT2D eigenvalue weighted by atomic mass is 16.5. The zero-order chi connectivity index (χ0) is 34.1. The molecule has 2 aromatic carbocycles. The van der Waals surface area contributed by atoms with E-state index >= 15 is 0 Å². The van der Waals surface area contributed by atoms with E-state index in [0.29, 0.717) is 23.1 Å². The van der Waals surface area contributed by atoms with Gasteiger partial charge in [0.2, 0.25) is 0 Å². The molecule has 0 saturated carbocycles. The van der Waals surface area contributed by atoms with Gasteiger partial charge in [0.05, 0.1) is 30.6 Å². The Morgan fingerprint density at radius 1 is 1.07 bits per heavy atom. The molecule has 0 fully saturated rings. The van der Waals surface area contributed by atoms with Crippen LogP contribution < -0.4 is 20.9 Å². The van der Waals surface area contributed by atoms with Gasteiger partial charge < -0.3 is 35.6 Å². The first-order chi connectivity index (χ1) is 21.8. The summed E-state index contributed by atoms with van der Waals surface area (Å²) in [7, 11) is 2.56. The zero-order valence-electron chi connectivity index (χ0n) is 25.0. The number of nitrogens with one attached hydrogen (secondary N) is 1. The van der Waals surface area contributed by atoms with Crippen LogP contribution in [0.5, 0.6) is 6.01 Å². The molecule has 15 heteroatoms. The fourth-order valence-electron chi connectivity index (χ4n) is 4.75. The number of ether oxygens (including phenoxy) is 1. The van der Waals surface area contributed by atoms with Crippen LogP contribution in [0.2, 0.25) is 0 Å². The Hall–Kier alpha value is -5.75. The summed E-state index contributed by atoms with van der Waals surface area (Å²) in [6.45, 7) is 0.460. The third-order valence-corrected chi connectivity index (χ3v) is 7.28. The predicted octanol–water partition coefficient (Wildman–Crippen LogP) is 0.949. The number of hydrogen-bond acceptors (Lipinski definition) is 10. The number of carbonyl (C=O) groups is 5. The molecule has 15 nitrogen and oxygen atoms in total. The lowest BCUT2D eigenvalue weighted by molar-refractivity contribution is -0.149. The molecule has 0 aliphatic rings. The van der Waals surface area contributed by atoms with Crippen molar-refractivity contribution < 1.29 is 44.0 Å². The molecule has 0 radical (unpaired) electrons. The fraction of sp³-hybridized carbons (Fsp3) is 0.323. The highest BCUT2D eigenvalue weighted by Crippen LogP contribution is 2.22. The van der Waals surface area contributed by atoms with E-state index in [1.54, 1.807) is 35.2 Å². The molecular formula is C31H33N5O10. The number of carbonyl (C=O) groups excluding carboxylic acids is 2.